The first kappa shape index (κ1) is 13.9. The Hall–Kier alpha value is -2.69. The van der Waals surface area contributed by atoms with Gasteiger partial charge in [0.25, 0.3) is 5.69 Å². The fourth-order valence-electron chi connectivity index (χ4n) is 3.64. The summed E-state index contributed by atoms with van der Waals surface area (Å²) < 4.78 is 0. The van der Waals surface area contributed by atoms with Gasteiger partial charge in [0, 0.05) is 23.6 Å². The molecule has 2 aliphatic rings. The van der Waals surface area contributed by atoms with E-state index in [9.17, 15) is 10.1 Å². The Kier molecular flexibility index (Phi) is 3.33. The number of nitro groups is 1. The number of nitro benzene ring substituents is 1. The zero-order valence-electron chi connectivity index (χ0n) is 12.6. The highest BCUT2D eigenvalue weighted by Gasteiger charge is 2.35. The molecule has 1 aliphatic carbocycles. The Labute approximate surface area is 134 Å². The monoisotopic (exact) mass is 307 g/mol. The third kappa shape index (κ3) is 2.38. The van der Waals surface area contributed by atoms with Crippen molar-refractivity contribution in [2.75, 3.05) is 0 Å². The number of nitrogens with zero attached hydrogens (tertiary/aromatic N) is 2. The fraction of sp³-hybridized carbons (Fsp3) is 0.278. The Morgan fingerprint density at radius 2 is 1.91 bits per heavy atom. The van der Waals surface area contributed by atoms with E-state index in [1.165, 1.54) is 11.1 Å². The Bertz CT molecular complexity index is 783. The molecule has 5 heteroatoms. The third-order valence-electron chi connectivity index (χ3n) is 4.80. The molecule has 0 amide bonds. The first-order valence-electron chi connectivity index (χ1n) is 7.90. The molecule has 0 saturated carbocycles. The van der Waals surface area contributed by atoms with Crippen LogP contribution in [0.15, 0.2) is 53.6 Å². The van der Waals surface area contributed by atoms with Crippen LogP contribution in [-0.4, -0.2) is 10.6 Å². The van der Waals surface area contributed by atoms with Gasteiger partial charge in [0.2, 0.25) is 0 Å². The first-order chi connectivity index (χ1) is 11.2. The maximum absolute atomic E-state index is 10.8. The molecule has 0 fully saturated rings. The number of non-ortho nitro benzene ring substituents is 1. The quantitative estimate of drug-likeness (QED) is 0.681. The second kappa shape index (κ2) is 5.50. The fourth-order valence-corrected chi connectivity index (χ4v) is 3.64. The number of nitrogens with one attached hydrogen (secondary N) is 1. The van der Waals surface area contributed by atoms with Crippen molar-refractivity contribution in [1.29, 1.82) is 0 Å². The van der Waals surface area contributed by atoms with Crippen molar-refractivity contribution in [2.45, 2.75) is 25.3 Å². The van der Waals surface area contributed by atoms with Gasteiger partial charge in [-0.15, -0.1) is 0 Å². The Morgan fingerprint density at radius 1 is 1.13 bits per heavy atom. The van der Waals surface area contributed by atoms with E-state index in [-0.39, 0.29) is 16.7 Å². The van der Waals surface area contributed by atoms with Gasteiger partial charge in [-0.2, -0.15) is 5.10 Å². The third-order valence-corrected chi connectivity index (χ3v) is 4.80. The molecule has 0 saturated heterocycles. The van der Waals surface area contributed by atoms with E-state index in [1.54, 1.807) is 12.1 Å². The minimum Gasteiger partial charge on any atom is -0.302 e. The standard InChI is InChI=1S/C18H17N3O2/c22-21(23)14-10-8-13(9-11-14)17-16-7-3-5-12-4-1-2-6-15(12)18(16)20-19-17/h1-2,4,6,8-11,16-17,19H,3,5,7H2. The van der Waals surface area contributed by atoms with Gasteiger partial charge in [-0.25, -0.2) is 0 Å². The van der Waals surface area contributed by atoms with E-state index in [4.69, 9.17) is 0 Å². The molecular weight excluding hydrogens is 290 g/mol. The van der Waals surface area contributed by atoms with Gasteiger partial charge in [0.05, 0.1) is 16.7 Å². The molecule has 116 valence electrons. The van der Waals surface area contributed by atoms with E-state index < -0.39 is 0 Å². The van der Waals surface area contributed by atoms with Gasteiger partial charge in [-0.05, 0) is 30.4 Å². The molecule has 1 aliphatic heterocycles. The van der Waals surface area contributed by atoms with E-state index in [0.717, 1.165) is 30.5 Å². The van der Waals surface area contributed by atoms with Crippen molar-refractivity contribution < 1.29 is 4.92 Å². The molecule has 2 aromatic rings. The second-order valence-electron chi connectivity index (χ2n) is 6.11. The van der Waals surface area contributed by atoms with Gasteiger partial charge in [0.1, 0.15) is 0 Å². The normalized spacial score (nSPS) is 22.3. The number of fused-ring (bicyclic) bond motifs is 3. The van der Waals surface area contributed by atoms with Crippen molar-refractivity contribution in [3.63, 3.8) is 0 Å². The number of hydrogen-bond acceptors (Lipinski definition) is 4. The predicted molar refractivity (Wildman–Crippen MR) is 88.4 cm³/mol. The van der Waals surface area contributed by atoms with Crippen LogP contribution >= 0.6 is 0 Å². The molecule has 0 spiro atoms. The zero-order valence-corrected chi connectivity index (χ0v) is 12.6. The lowest BCUT2D eigenvalue weighted by Crippen LogP contribution is -2.21. The lowest BCUT2D eigenvalue weighted by molar-refractivity contribution is -0.384. The Morgan fingerprint density at radius 3 is 2.70 bits per heavy atom. The molecule has 4 rings (SSSR count). The summed E-state index contributed by atoms with van der Waals surface area (Å²) in [6.07, 6.45) is 3.28. The summed E-state index contributed by atoms with van der Waals surface area (Å²) in [7, 11) is 0. The second-order valence-corrected chi connectivity index (χ2v) is 6.11. The summed E-state index contributed by atoms with van der Waals surface area (Å²) in [4.78, 5) is 10.4. The molecule has 5 nitrogen and oxygen atoms in total. The maximum atomic E-state index is 10.8. The van der Waals surface area contributed by atoms with Crippen molar-refractivity contribution in [2.24, 2.45) is 11.0 Å². The Balaban J connectivity index is 1.66. The van der Waals surface area contributed by atoms with Crippen molar-refractivity contribution in [3.05, 3.63) is 75.3 Å². The highest BCUT2D eigenvalue weighted by atomic mass is 16.6. The van der Waals surface area contributed by atoms with Crippen molar-refractivity contribution in [3.8, 4) is 0 Å². The van der Waals surface area contributed by atoms with Crippen LogP contribution in [0.25, 0.3) is 0 Å². The van der Waals surface area contributed by atoms with Crippen LogP contribution in [-0.2, 0) is 6.42 Å². The molecule has 2 atom stereocenters. The van der Waals surface area contributed by atoms with Crippen LogP contribution in [0.3, 0.4) is 0 Å². The molecule has 1 heterocycles. The molecule has 1 N–H and O–H groups in total. The van der Waals surface area contributed by atoms with Gasteiger partial charge >= 0.3 is 0 Å². The van der Waals surface area contributed by atoms with Crippen LogP contribution < -0.4 is 5.43 Å². The number of aryl methyl sites for hydroxylation is 1. The van der Waals surface area contributed by atoms with Crippen LogP contribution in [0.5, 0.6) is 0 Å². The molecular formula is C18H17N3O2. The van der Waals surface area contributed by atoms with E-state index in [1.807, 2.05) is 12.1 Å². The molecule has 0 bridgehead atoms. The molecule has 0 aromatic heterocycles. The van der Waals surface area contributed by atoms with Crippen molar-refractivity contribution >= 4 is 11.4 Å². The average molecular weight is 307 g/mol. The van der Waals surface area contributed by atoms with Gasteiger partial charge in [0.15, 0.2) is 0 Å². The number of hydrogen-bond donors (Lipinski definition) is 1. The van der Waals surface area contributed by atoms with Gasteiger partial charge in [-0.3, -0.25) is 10.1 Å². The number of rotatable bonds is 2. The minimum absolute atomic E-state index is 0.0944. The molecule has 23 heavy (non-hydrogen) atoms. The largest absolute Gasteiger partial charge is 0.302 e. The first-order valence-corrected chi connectivity index (χ1v) is 7.90. The maximum Gasteiger partial charge on any atom is 0.269 e. The lowest BCUT2D eigenvalue weighted by atomic mass is 9.86. The van der Waals surface area contributed by atoms with Crippen LogP contribution in [0, 0.1) is 16.0 Å². The number of hydrazone groups is 1. The van der Waals surface area contributed by atoms with E-state index >= 15 is 0 Å². The highest BCUT2D eigenvalue weighted by molar-refractivity contribution is 6.05. The molecule has 2 unspecified atom stereocenters. The summed E-state index contributed by atoms with van der Waals surface area (Å²) in [5, 5.41) is 15.4. The lowest BCUT2D eigenvalue weighted by Gasteiger charge is -2.19. The van der Waals surface area contributed by atoms with Gasteiger partial charge in [-0.1, -0.05) is 36.4 Å². The van der Waals surface area contributed by atoms with E-state index in [0.29, 0.717) is 5.92 Å². The van der Waals surface area contributed by atoms with Crippen LogP contribution in [0.2, 0.25) is 0 Å². The number of benzene rings is 2. The zero-order chi connectivity index (χ0) is 15.8. The van der Waals surface area contributed by atoms with Crippen LogP contribution in [0.1, 0.15) is 35.6 Å². The topological polar surface area (TPSA) is 67.5 Å². The molecule has 2 aromatic carbocycles. The summed E-state index contributed by atoms with van der Waals surface area (Å²) >= 11 is 0. The SMILES string of the molecule is O=[N+]([O-])c1ccc(C2NN=C3c4ccccc4CCCC32)cc1. The van der Waals surface area contributed by atoms with Crippen LogP contribution in [0.4, 0.5) is 5.69 Å². The highest BCUT2D eigenvalue weighted by Crippen LogP contribution is 2.37. The van der Waals surface area contributed by atoms with Gasteiger partial charge < -0.3 is 5.43 Å². The van der Waals surface area contributed by atoms with E-state index in [2.05, 4.69) is 34.8 Å². The minimum atomic E-state index is -0.365. The summed E-state index contributed by atoms with van der Waals surface area (Å²) in [5.74, 6) is 0.320. The average Bonchev–Trinajstić information content (AvgIpc) is 2.90. The predicted octanol–water partition coefficient (Wildman–Crippen LogP) is 3.60. The van der Waals surface area contributed by atoms with Crippen molar-refractivity contribution in [1.82, 2.24) is 5.43 Å². The summed E-state index contributed by atoms with van der Waals surface area (Å²) in [6.45, 7) is 0. The summed E-state index contributed by atoms with van der Waals surface area (Å²) in [5.41, 5.74) is 8.16. The summed E-state index contributed by atoms with van der Waals surface area (Å²) in [6, 6.07) is 15.4. The smallest absolute Gasteiger partial charge is 0.269 e. The molecule has 0 radical (unpaired) electrons.